The largest absolute Gasteiger partial charge is 0.444 e. The molecule has 0 aliphatic carbocycles. The van der Waals surface area contributed by atoms with Gasteiger partial charge in [0, 0.05) is 19.5 Å². The maximum atomic E-state index is 12.6. The summed E-state index contributed by atoms with van der Waals surface area (Å²) in [5.74, 6) is 0. The van der Waals surface area contributed by atoms with E-state index in [4.69, 9.17) is 9.47 Å². The van der Waals surface area contributed by atoms with Crippen molar-refractivity contribution in [2.75, 3.05) is 19.6 Å². The van der Waals surface area contributed by atoms with Crippen molar-refractivity contribution in [1.29, 1.82) is 0 Å². The van der Waals surface area contributed by atoms with Crippen LogP contribution in [-0.4, -0.2) is 52.8 Å². The summed E-state index contributed by atoms with van der Waals surface area (Å²) in [6, 6.07) is 9.95. The molecule has 27 heavy (non-hydrogen) atoms. The highest BCUT2D eigenvalue weighted by molar-refractivity contribution is 5.71. The Morgan fingerprint density at radius 1 is 1.19 bits per heavy atom. The molecule has 2 fully saturated rings. The second-order valence-corrected chi connectivity index (χ2v) is 8.59. The van der Waals surface area contributed by atoms with Gasteiger partial charge in [0.15, 0.2) is 0 Å². The molecule has 2 unspecified atom stereocenters. The molecule has 1 spiro atoms. The van der Waals surface area contributed by atoms with Crippen LogP contribution in [0.15, 0.2) is 30.3 Å². The first-order valence-corrected chi connectivity index (χ1v) is 9.72. The van der Waals surface area contributed by atoms with E-state index in [0.717, 1.165) is 18.4 Å². The lowest BCUT2D eigenvalue weighted by atomic mass is 9.94. The first-order chi connectivity index (χ1) is 12.7. The van der Waals surface area contributed by atoms with E-state index in [9.17, 15) is 9.59 Å². The lowest BCUT2D eigenvalue weighted by Crippen LogP contribution is -2.39. The maximum absolute atomic E-state index is 12.6. The van der Waals surface area contributed by atoms with Gasteiger partial charge in [0.2, 0.25) is 0 Å². The van der Waals surface area contributed by atoms with Gasteiger partial charge >= 0.3 is 12.2 Å². The maximum Gasteiger partial charge on any atom is 0.411 e. The van der Waals surface area contributed by atoms with Crippen molar-refractivity contribution in [3.8, 4) is 0 Å². The van der Waals surface area contributed by atoms with Crippen LogP contribution in [0.4, 0.5) is 9.59 Å². The molecule has 148 valence electrons. The minimum atomic E-state index is -0.517. The molecule has 2 aliphatic rings. The van der Waals surface area contributed by atoms with Crippen LogP contribution in [0.5, 0.6) is 0 Å². The number of nitrogens with zero attached hydrogens (tertiary/aromatic N) is 2. The summed E-state index contributed by atoms with van der Waals surface area (Å²) in [5, 5.41) is 0. The van der Waals surface area contributed by atoms with Crippen molar-refractivity contribution in [2.24, 2.45) is 0 Å². The van der Waals surface area contributed by atoms with Crippen molar-refractivity contribution < 1.29 is 19.1 Å². The topological polar surface area (TPSA) is 59.1 Å². The third-order valence-electron chi connectivity index (χ3n) is 5.30. The second kappa shape index (κ2) is 7.41. The fraction of sp³-hybridized carbons (Fsp3) is 0.619. The number of hydrogen-bond acceptors (Lipinski definition) is 4. The van der Waals surface area contributed by atoms with E-state index in [0.29, 0.717) is 26.1 Å². The molecule has 6 nitrogen and oxygen atoms in total. The zero-order valence-electron chi connectivity index (χ0n) is 16.7. The molecule has 0 aromatic heterocycles. The summed E-state index contributed by atoms with van der Waals surface area (Å²) in [6.45, 7) is 9.35. The van der Waals surface area contributed by atoms with E-state index in [1.165, 1.54) is 0 Å². The van der Waals surface area contributed by atoms with Crippen LogP contribution in [-0.2, 0) is 9.47 Å². The molecule has 1 aromatic carbocycles. The van der Waals surface area contributed by atoms with Crippen LogP contribution < -0.4 is 0 Å². The third kappa shape index (κ3) is 4.54. The van der Waals surface area contributed by atoms with E-state index in [1.54, 1.807) is 9.80 Å². The highest BCUT2D eigenvalue weighted by Gasteiger charge is 2.47. The van der Waals surface area contributed by atoms with Gasteiger partial charge in [-0.05, 0) is 46.1 Å². The van der Waals surface area contributed by atoms with E-state index in [2.05, 4.69) is 0 Å². The highest BCUT2D eigenvalue weighted by atomic mass is 16.6. The van der Waals surface area contributed by atoms with Crippen LogP contribution in [0.25, 0.3) is 0 Å². The van der Waals surface area contributed by atoms with E-state index >= 15 is 0 Å². The van der Waals surface area contributed by atoms with E-state index in [1.807, 2.05) is 58.0 Å². The molecular formula is C21H30N2O4. The molecule has 0 radical (unpaired) electrons. The van der Waals surface area contributed by atoms with Gasteiger partial charge in [-0.15, -0.1) is 0 Å². The molecule has 2 saturated heterocycles. The van der Waals surface area contributed by atoms with Gasteiger partial charge in [-0.3, -0.25) is 4.90 Å². The lowest BCUT2D eigenvalue weighted by Gasteiger charge is -2.28. The molecule has 0 bridgehead atoms. The summed E-state index contributed by atoms with van der Waals surface area (Å²) in [4.78, 5) is 28.5. The quantitative estimate of drug-likeness (QED) is 0.772. The van der Waals surface area contributed by atoms with Crippen molar-refractivity contribution in [3.63, 3.8) is 0 Å². The molecule has 2 heterocycles. The Hall–Kier alpha value is -2.24. The Morgan fingerprint density at radius 3 is 2.56 bits per heavy atom. The summed E-state index contributed by atoms with van der Waals surface area (Å²) >= 11 is 0. The van der Waals surface area contributed by atoms with Gasteiger partial charge in [-0.2, -0.15) is 0 Å². The second-order valence-electron chi connectivity index (χ2n) is 8.59. The van der Waals surface area contributed by atoms with Gasteiger partial charge < -0.3 is 14.4 Å². The molecule has 0 N–H and O–H groups in total. The number of hydrogen-bond donors (Lipinski definition) is 0. The summed E-state index contributed by atoms with van der Waals surface area (Å²) in [6.07, 6.45) is 1.63. The summed E-state index contributed by atoms with van der Waals surface area (Å²) < 4.78 is 11.4. The van der Waals surface area contributed by atoms with Crippen molar-refractivity contribution in [3.05, 3.63) is 35.9 Å². The molecule has 1 aromatic rings. The fourth-order valence-electron chi connectivity index (χ4n) is 3.79. The third-order valence-corrected chi connectivity index (χ3v) is 5.30. The molecule has 3 rings (SSSR count). The number of likely N-dealkylation sites (tertiary alicyclic amines) is 1. The first-order valence-electron chi connectivity index (χ1n) is 9.72. The van der Waals surface area contributed by atoms with Gasteiger partial charge in [0.25, 0.3) is 0 Å². The Kier molecular flexibility index (Phi) is 5.36. The number of rotatable bonds is 2. The average molecular weight is 374 g/mol. The van der Waals surface area contributed by atoms with Crippen molar-refractivity contribution in [1.82, 2.24) is 9.80 Å². The van der Waals surface area contributed by atoms with Crippen molar-refractivity contribution >= 4 is 12.2 Å². The lowest BCUT2D eigenvalue weighted by molar-refractivity contribution is 0.0217. The molecule has 2 amide bonds. The number of carbonyl (C=O) groups is 2. The van der Waals surface area contributed by atoms with Crippen LogP contribution in [0.3, 0.4) is 0 Å². The van der Waals surface area contributed by atoms with E-state index < -0.39 is 11.2 Å². The zero-order valence-corrected chi connectivity index (χ0v) is 16.7. The minimum Gasteiger partial charge on any atom is -0.444 e. The molecule has 2 aliphatic heterocycles. The normalized spacial score (nSPS) is 24.5. The Bertz CT molecular complexity index is 685. The van der Waals surface area contributed by atoms with Crippen LogP contribution in [0.1, 0.15) is 58.6 Å². The van der Waals surface area contributed by atoms with Crippen LogP contribution in [0, 0.1) is 0 Å². The Balaban J connectivity index is 1.66. The van der Waals surface area contributed by atoms with Gasteiger partial charge in [0.1, 0.15) is 11.2 Å². The Morgan fingerprint density at radius 2 is 1.89 bits per heavy atom. The molecule has 0 saturated carbocycles. The molecule has 2 atom stereocenters. The monoisotopic (exact) mass is 374 g/mol. The molecular weight excluding hydrogens is 344 g/mol. The smallest absolute Gasteiger partial charge is 0.411 e. The van der Waals surface area contributed by atoms with Crippen LogP contribution in [0.2, 0.25) is 0 Å². The standard InChI is InChI=1S/C21H30N2O4/c1-16(17-9-6-5-7-10-17)23-15-21(27-19(23)25)11-8-13-22(14-12-21)18(24)26-20(2,3)4/h5-7,9-10,16H,8,11-15H2,1-4H3. The van der Waals surface area contributed by atoms with Gasteiger partial charge in [0.05, 0.1) is 12.6 Å². The number of carbonyl (C=O) groups excluding carboxylic acids is 2. The zero-order chi connectivity index (χ0) is 19.7. The summed E-state index contributed by atoms with van der Waals surface area (Å²) in [7, 11) is 0. The van der Waals surface area contributed by atoms with Crippen molar-refractivity contribution in [2.45, 2.75) is 64.2 Å². The average Bonchev–Trinajstić information content (AvgIpc) is 2.79. The van der Waals surface area contributed by atoms with Crippen LogP contribution >= 0.6 is 0 Å². The van der Waals surface area contributed by atoms with Gasteiger partial charge in [-0.1, -0.05) is 30.3 Å². The Labute approximate surface area is 161 Å². The first kappa shape index (κ1) is 19.5. The number of ether oxygens (including phenoxy) is 2. The number of benzene rings is 1. The van der Waals surface area contributed by atoms with Gasteiger partial charge in [-0.25, -0.2) is 9.59 Å². The van der Waals surface area contributed by atoms with E-state index in [-0.39, 0.29) is 18.2 Å². The highest BCUT2D eigenvalue weighted by Crippen LogP contribution is 2.37. The number of amides is 2. The SMILES string of the molecule is CC(c1ccccc1)N1CC2(CCCN(C(=O)OC(C)(C)C)CC2)OC1=O. The predicted molar refractivity (Wildman–Crippen MR) is 102 cm³/mol. The minimum absolute atomic E-state index is 0.0386. The molecule has 6 heteroatoms. The summed E-state index contributed by atoms with van der Waals surface area (Å²) in [5.41, 5.74) is 0.0650. The fourth-order valence-corrected chi connectivity index (χ4v) is 3.79. The predicted octanol–water partition coefficient (Wildman–Crippen LogP) is 4.36.